The lowest BCUT2D eigenvalue weighted by Crippen LogP contribution is -2.26. The van der Waals surface area contributed by atoms with E-state index < -0.39 is 10.0 Å². The van der Waals surface area contributed by atoms with Gasteiger partial charge >= 0.3 is 0 Å². The lowest BCUT2D eigenvalue weighted by Gasteiger charge is -2.17. The Morgan fingerprint density at radius 3 is 2.40 bits per heavy atom. The number of rotatable bonds is 4. The fourth-order valence-electron chi connectivity index (χ4n) is 1.66. The molecular formula is C13H12Cl2N2O2S. The van der Waals surface area contributed by atoms with Gasteiger partial charge in [-0.1, -0.05) is 35.3 Å². The minimum Gasteiger partial charge on any atom is -0.243 e. The van der Waals surface area contributed by atoms with Gasteiger partial charge in [0.15, 0.2) is 0 Å². The van der Waals surface area contributed by atoms with E-state index in [-0.39, 0.29) is 16.6 Å². The molecule has 0 spiro atoms. The number of aromatic nitrogens is 1. The summed E-state index contributed by atoms with van der Waals surface area (Å²) < 4.78 is 26.0. The summed E-state index contributed by atoms with van der Waals surface area (Å²) >= 11 is 11.6. The molecule has 1 heterocycles. The van der Waals surface area contributed by atoms with Crippen molar-refractivity contribution in [3.63, 3.8) is 0 Å². The van der Waals surface area contributed by atoms with Crippen molar-refractivity contribution in [3.05, 3.63) is 58.3 Å². The minimum absolute atomic E-state index is 0.00173. The van der Waals surface area contributed by atoms with Crippen LogP contribution in [0.2, 0.25) is 10.2 Å². The summed E-state index contributed by atoms with van der Waals surface area (Å²) in [5.74, 6) is 0. The van der Waals surface area contributed by atoms with Crippen LogP contribution in [0, 0.1) is 0 Å². The van der Waals surface area contributed by atoms with Crippen molar-refractivity contribution in [2.75, 3.05) is 7.05 Å². The number of hydrogen-bond donors (Lipinski definition) is 0. The molecule has 1 aromatic carbocycles. The lowest BCUT2D eigenvalue weighted by molar-refractivity contribution is 0.466. The topological polar surface area (TPSA) is 50.3 Å². The molecule has 106 valence electrons. The molecule has 0 aliphatic carbocycles. The first-order chi connectivity index (χ1) is 9.41. The Labute approximate surface area is 128 Å². The molecule has 7 heteroatoms. The molecule has 2 aromatic rings. The van der Waals surface area contributed by atoms with Gasteiger partial charge in [0, 0.05) is 24.8 Å². The summed E-state index contributed by atoms with van der Waals surface area (Å²) in [7, 11) is -2.18. The quantitative estimate of drug-likeness (QED) is 0.809. The summed E-state index contributed by atoms with van der Waals surface area (Å²) in [5, 5.41) is 0.574. The average Bonchev–Trinajstić information content (AvgIpc) is 2.41. The van der Waals surface area contributed by atoms with Gasteiger partial charge in [-0.3, -0.25) is 0 Å². The van der Waals surface area contributed by atoms with Crippen molar-refractivity contribution < 1.29 is 8.42 Å². The average molecular weight is 331 g/mol. The zero-order valence-electron chi connectivity index (χ0n) is 10.6. The van der Waals surface area contributed by atoms with Crippen LogP contribution in [0.4, 0.5) is 0 Å². The highest BCUT2D eigenvalue weighted by molar-refractivity contribution is 7.89. The van der Waals surface area contributed by atoms with Gasteiger partial charge in [-0.25, -0.2) is 13.4 Å². The highest BCUT2D eigenvalue weighted by atomic mass is 35.5. The van der Waals surface area contributed by atoms with Crippen LogP contribution >= 0.6 is 23.2 Å². The second kappa shape index (κ2) is 6.10. The Bertz CT molecular complexity index is 703. The molecule has 0 atom stereocenters. The number of nitrogens with zero attached hydrogens (tertiary/aromatic N) is 2. The molecule has 0 fully saturated rings. The van der Waals surface area contributed by atoms with Gasteiger partial charge in [0.2, 0.25) is 10.0 Å². The highest BCUT2D eigenvalue weighted by Crippen LogP contribution is 2.22. The SMILES string of the molecule is CN(Cc1ccc(Cl)cc1)S(=O)(=O)c1cccnc1Cl. The third-order valence-electron chi connectivity index (χ3n) is 2.73. The highest BCUT2D eigenvalue weighted by Gasteiger charge is 2.24. The first-order valence-corrected chi connectivity index (χ1v) is 7.92. The summed E-state index contributed by atoms with van der Waals surface area (Å²) in [6.07, 6.45) is 1.44. The van der Waals surface area contributed by atoms with E-state index in [2.05, 4.69) is 4.98 Å². The fraction of sp³-hybridized carbons (Fsp3) is 0.154. The van der Waals surface area contributed by atoms with Crippen molar-refractivity contribution in [1.82, 2.24) is 9.29 Å². The Morgan fingerprint density at radius 2 is 1.80 bits per heavy atom. The summed E-state index contributed by atoms with van der Waals surface area (Å²) in [4.78, 5) is 3.79. The molecule has 4 nitrogen and oxygen atoms in total. The lowest BCUT2D eigenvalue weighted by atomic mass is 10.2. The smallest absolute Gasteiger partial charge is 0.243 e. The molecule has 0 N–H and O–H groups in total. The molecule has 20 heavy (non-hydrogen) atoms. The number of benzene rings is 1. The van der Waals surface area contributed by atoms with Gasteiger partial charge in [0.25, 0.3) is 0 Å². The Morgan fingerprint density at radius 1 is 1.15 bits per heavy atom. The van der Waals surface area contributed by atoms with Gasteiger partial charge in [0.05, 0.1) is 0 Å². The summed E-state index contributed by atoms with van der Waals surface area (Å²) in [6.45, 7) is 0.227. The van der Waals surface area contributed by atoms with Crippen LogP contribution in [-0.4, -0.2) is 24.8 Å². The van der Waals surface area contributed by atoms with Crippen molar-refractivity contribution in [2.45, 2.75) is 11.4 Å². The van der Waals surface area contributed by atoms with E-state index in [9.17, 15) is 8.42 Å². The van der Waals surface area contributed by atoms with E-state index in [4.69, 9.17) is 23.2 Å². The molecule has 0 saturated carbocycles. The zero-order valence-corrected chi connectivity index (χ0v) is 13.0. The van der Waals surface area contributed by atoms with E-state index in [0.29, 0.717) is 5.02 Å². The predicted molar refractivity (Wildman–Crippen MR) is 79.4 cm³/mol. The second-order valence-corrected chi connectivity index (χ2v) is 6.99. The molecule has 0 aliphatic rings. The van der Waals surface area contributed by atoms with Gasteiger partial charge in [-0.2, -0.15) is 4.31 Å². The van der Waals surface area contributed by atoms with Gasteiger partial charge in [-0.05, 0) is 29.8 Å². The normalized spacial score (nSPS) is 11.8. The van der Waals surface area contributed by atoms with Crippen molar-refractivity contribution in [3.8, 4) is 0 Å². The van der Waals surface area contributed by atoms with E-state index in [1.54, 1.807) is 24.3 Å². The molecule has 0 unspecified atom stereocenters. The first kappa shape index (κ1) is 15.3. The van der Waals surface area contributed by atoms with Crippen molar-refractivity contribution >= 4 is 33.2 Å². The maximum atomic E-state index is 12.4. The zero-order chi connectivity index (χ0) is 14.8. The predicted octanol–water partition coefficient (Wildman–Crippen LogP) is 3.21. The molecular weight excluding hydrogens is 319 g/mol. The number of hydrogen-bond acceptors (Lipinski definition) is 3. The number of pyridine rings is 1. The van der Waals surface area contributed by atoms with Gasteiger partial charge < -0.3 is 0 Å². The maximum Gasteiger partial charge on any atom is 0.246 e. The molecule has 0 amide bonds. The van der Waals surface area contributed by atoms with E-state index in [1.807, 2.05) is 0 Å². The molecule has 0 aliphatic heterocycles. The van der Waals surface area contributed by atoms with Crippen molar-refractivity contribution in [1.29, 1.82) is 0 Å². The molecule has 0 bridgehead atoms. The fourth-order valence-corrected chi connectivity index (χ4v) is 3.37. The van der Waals surface area contributed by atoms with Crippen molar-refractivity contribution in [2.24, 2.45) is 0 Å². The van der Waals surface area contributed by atoms with Crippen LogP contribution in [0.1, 0.15) is 5.56 Å². The van der Waals surface area contributed by atoms with Crippen LogP contribution in [0.15, 0.2) is 47.5 Å². The second-order valence-electron chi connectivity index (χ2n) is 4.18. The molecule has 0 radical (unpaired) electrons. The van der Waals surface area contributed by atoms with Crippen LogP contribution in [0.3, 0.4) is 0 Å². The number of sulfonamides is 1. The summed E-state index contributed by atoms with van der Waals surface area (Å²) in [5.41, 5.74) is 0.834. The standard InChI is InChI=1S/C13H12Cl2N2O2S/c1-17(9-10-4-6-11(14)7-5-10)20(18,19)12-3-2-8-16-13(12)15/h2-8H,9H2,1H3. The summed E-state index contributed by atoms with van der Waals surface area (Å²) in [6, 6.07) is 9.96. The third-order valence-corrected chi connectivity index (χ3v) is 5.23. The first-order valence-electron chi connectivity index (χ1n) is 5.72. The minimum atomic E-state index is -3.67. The Balaban J connectivity index is 2.26. The van der Waals surface area contributed by atoms with E-state index >= 15 is 0 Å². The van der Waals surface area contributed by atoms with Crippen LogP contribution in [0.5, 0.6) is 0 Å². The largest absolute Gasteiger partial charge is 0.246 e. The van der Waals surface area contributed by atoms with E-state index in [0.717, 1.165) is 5.56 Å². The Hall–Kier alpha value is -1.14. The van der Waals surface area contributed by atoms with Crippen LogP contribution in [-0.2, 0) is 16.6 Å². The van der Waals surface area contributed by atoms with Crippen LogP contribution < -0.4 is 0 Å². The van der Waals surface area contributed by atoms with Gasteiger partial charge in [0.1, 0.15) is 10.0 Å². The maximum absolute atomic E-state index is 12.4. The van der Waals surface area contributed by atoms with Gasteiger partial charge in [-0.15, -0.1) is 0 Å². The molecule has 0 saturated heterocycles. The van der Waals surface area contributed by atoms with Crippen LogP contribution in [0.25, 0.3) is 0 Å². The molecule has 2 rings (SSSR count). The Kier molecular flexibility index (Phi) is 4.65. The third kappa shape index (κ3) is 3.30. The monoisotopic (exact) mass is 330 g/mol. The number of halogens is 2. The van der Waals surface area contributed by atoms with E-state index in [1.165, 1.54) is 29.7 Å². The molecule has 1 aromatic heterocycles.